The molecule has 1 aromatic heterocycles. The molecule has 0 bridgehead atoms. The first-order valence-corrected chi connectivity index (χ1v) is 5.61. The van der Waals surface area contributed by atoms with E-state index in [9.17, 15) is 0 Å². The van der Waals surface area contributed by atoms with Crippen LogP contribution >= 0.6 is 0 Å². The highest BCUT2D eigenvalue weighted by Gasteiger charge is 2.02. The Bertz CT molecular complexity index is 464. The average molecular weight is 219 g/mol. The van der Waals surface area contributed by atoms with Crippen molar-refractivity contribution in [3.8, 4) is 0 Å². The van der Waals surface area contributed by atoms with E-state index in [1.807, 2.05) is 18.2 Å². The minimum atomic E-state index is 0.711. The van der Waals surface area contributed by atoms with Crippen LogP contribution in [-0.2, 0) is 11.2 Å². The summed E-state index contributed by atoms with van der Waals surface area (Å²) in [5.41, 5.74) is 8.40. The van der Waals surface area contributed by atoms with Gasteiger partial charge in [-0.2, -0.15) is 0 Å². The number of aromatic amines is 1. The van der Waals surface area contributed by atoms with Gasteiger partial charge in [0, 0.05) is 18.7 Å². The van der Waals surface area contributed by atoms with Crippen molar-refractivity contribution in [3.05, 3.63) is 24.0 Å². The second kappa shape index (κ2) is 4.99. The number of nitrogens with two attached hydrogens (primary N) is 1. The highest BCUT2D eigenvalue weighted by molar-refractivity contribution is 5.78. The Morgan fingerprint density at radius 3 is 3.06 bits per heavy atom. The number of nitrogens with one attached hydrogen (secondary N) is 1. The lowest BCUT2D eigenvalue weighted by Crippen LogP contribution is -2.00. The molecular weight excluding hydrogens is 202 g/mol. The predicted octanol–water partition coefficient (Wildman–Crippen LogP) is 2.11. The van der Waals surface area contributed by atoms with Crippen LogP contribution < -0.4 is 5.73 Å². The number of imidazole rings is 1. The Morgan fingerprint density at radius 2 is 2.25 bits per heavy atom. The maximum absolute atomic E-state index is 5.70. The number of benzene rings is 1. The van der Waals surface area contributed by atoms with Gasteiger partial charge in [0.15, 0.2) is 0 Å². The van der Waals surface area contributed by atoms with Crippen LogP contribution in [0.5, 0.6) is 0 Å². The summed E-state index contributed by atoms with van der Waals surface area (Å²) in [7, 11) is 0. The molecule has 0 aliphatic rings. The largest absolute Gasteiger partial charge is 0.399 e. The first kappa shape index (κ1) is 11.0. The summed E-state index contributed by atoms with van der Waals surface area (Å²) in [6, 6.07) is 5.69. The normalized spacial score (nSPS) is 11.1. The van der Waals surface area contributed by atoms with Gasteiger partial charge in [-0.3, -0.25) is 0 Å². The van der Waals surface area contributed by atoms with Gasteiger partial charge in [-0.1, -0.05) is 6.92 Å². The van der Waals surface area contributed by atoms with E-state index in [2.05, 4.69) is 16.9 Å². The second-order valence-electron chi connectivity index (χ2n) is 3.82. The quantitative estimate of drug-likeness (QED) is 0.598. The van der Waals surface area contributed by atoms with Crippen molar-refractivity contribution < 1.29 is 4.74 Å². The van der Waals surface area contributed by atoms with E-state index in [0.717, 1.165) is 42.0 Å². The monoisotopic (exact) mass is 219 g/mol. The summed E-state index contributed by atoms with van der Waals surface area (Å²) in [6.07, 6.45) is 1.87. The van der Waals surface area contributed by atoms with Crippen LogP contribution in [0, 0.1) is 0 Å². The average Bonchev–Trinajstić information content (AvgIpc) is 2.66. The van der Waals surface area contributed by atoms with Gasteiger partial charge in [0.1, 0.15) is 5.82 Å². The lowest BCUT2D eigenvalue weighted by Gasteiger charge is -1.98. The van der Waals surface area contributed by atoms with E-state index in [0.29, 0.717) is 6.61 Å². The summed E-state index contributed by atoms with van der Waals surface area (Å²) in [6.45, 7) is 3.63. The Kier molecular flexibility index (Phi) is 3.41. The zero-order chi connectivity index (χ0) is 11.4. The van der Waals surface area contributed by atoms with Gasteiger partial charge in [-0.15, -0.1) is 0 Å². The summed E-state index contributed by atoms with van der Waals surface area (Å²) >= 11 is 0. The molecule has 0 aliphatic carbocycles. The number of nitrogens with zero attached hydrogens (tertiary/aromatic N) is 1. The second-order valence-corrected chi connectivity index (χ2v) is 3.82. The molecule has 2 aromatic rings. The minimum absolute atomic E-state index is 0.711. The molecule has 0 saturated heterocycles. The van der Waals surface area contributed by atoms with Crippen molar-refractivity contribution in [2.45, 2.75) is 19.8 Å². The van der Waals surface area contributed by atoms with E-state index in [1.54, 1.807) is 0 Å². The Balaban J connectivity index is 2.02. The van der Waals surface area contributed by atoms with Gasteiger partial charge in [0.25, 0.3) is 0 Å². The lowest BCUT2D eigenvalue weighted by atomic mass is 10.3. The van der Waals surface area contributed by atoms with Gasteiger partial charge in [-0.05, 0) is 24.6 Å². The van der Waals surface area contributed by atoms with Crippen molar-refractivity contribution in [2.75, 3.05) is 18.9 Å². The Hall–Kier alpha value is -1.55. The van der Waals surface area contributed by atoms with Crippen LogP contribution in [0.1, 0.15) is 19.2 Å². The fraction of sp³-hybridized carbons (Fsp3) is 0.417. The number of fused-ring (bicyclic) bond motifs is 1. The molecule has 4 nitrogen and oxygen atoms in total. The van der Waals surface area contributed by atoms with Gasteiger partial charge in [0.05, 0.1) is 17.6 Å². The number of H-pyrrole nitrogens is 1. The van der Waals surface area contributed by atoms with Gasteiger partial charge < -0.3 is 15.5 Å². The molecule has 0 saturated carbocycles. The smallest absolute Gasteiger partial charge is 0.109 e. The van der Waals surface area contributed by atoms with E-state index >= 15 is 0 Å². The molecule has 0 aliphatic heterocycles. The first-order chi connectivity index (χ1) is 7.79. The van der Waals surface area contributed by atoms with Gasteiger partial charge >= 0.3 is 0 Å². The molecule has 4 heteroatoms. The topological polar surface area (TPSA) is 63.9 Å². The maximum Gasteiger partial charge on any atom is 0.109 e. The molecule has 0 unspecified atom stereocenters. The number of rotatable bonds is 5. The van der Waals surface area contributed by atoms with Crippen LogP contribution in [0.4, 0.5) is 5.69 Å². The molecule has 2 rings (SSSR count). The van der Waals surface area contributed by atoms with E-state index in [4.69, 9.17) is 10.5 Å². The number of nitrogen functional groups attached to an aromatic ring is 1. The highest BCUT2D eigenvalue weighted by Crippen LogP contribution is 2.15. The summed E-state index contributed by atoms with van der Waals surface area (Å²) in [5.74, 6) is 0.955. The molecule has 1 aromatic carbocycles. The first-order valence-electron chi connectivity index (χ1n) is 5.61. The molecule has 0 radical (unpaired) electrons. The summed E-state index contributed by atoms with van der Waals surface area (Å²) in [4.78, 5) is 7.70. The maximum atomic E-state index is 5.70. The van der Waals surface area contributed by atoms with Gasteiger partial charge in [0.2, 0.25) is 0 Å². The third-order valence-corrected chi connectivity index (χ3v) is 2.39. The fourth-order valence-corrected chi connectivity index (χ4v) is 1.61. The zero-order valence-corrected chi connectivity index (χ0v) is 9.49. The number of hydrogen-bond donors (Lipinski definition) is 2. The third-order valence-electron chi connectivity index (χ3n) is 2.39. The molecule has 1 heterocycles. The van der Waals surface area contributed by atoms with Crippen LogP contribution in [0.2, 0.25) is 0 Å². The van der Waals surface area contributed by atoms with Crippen LogP contribution in [0.3, 0.4) is 0 Å². The fourth-order valence-electron chi connectivity index (χ4n) is 1.61. The molecule has 16 heavy (non-hydrogen) atoms. The highest BCUT2D eigenvalue weighted by atomic mass is 16.5. The van der Waals surface area contributed by atoms with Crippen molar-refractivity contribution in [3.63, 3.8) is 0 Å². The van der Waals surface area contributed by atoms with Crippen molar-refractivity contribution in [1.82, 2.24) is 9.97 Å². The number of hydrogen-bond acceptors (Lipinski definition) is 3. The molecule has 0 atom stereocenters. The van der Waals surface area contributed by atoms with Crippen LogP contribution in [-0.4, -0.2) is 23.2 Å². The Labute approximate surface area is 94.8 Å². The van der Waals surface area contributed by atoms with Crippen molar-refractivity contribution in [2.24, 2.45) is 0 Å². The number of anilines is 1. The van der Waals surface area contributed by atoms with E-state index in [-0.39, 0.29) is 0 Å². The molecule has 3 N–H and O–H groups in total. The summed E-state index contributed by atoms with van der Waals surface area (Å²) in [5, 5.41) is 0. The SMILES string of the molecule is CCCOCCc1nc2ccc(N)cc2[nH]1. The predicted molar refractivity (Wildman–Crippen MR) is 65.3 cm³/mol. The lowest BCUT2D eigenvalue weighted by molar-refractivity contribution is 0.137. The number of ether oxygens (including phenoxy) is 1. The molecule has 0 fully saturated rings. The van der Waals surface area contributed by atoms with Crippen LogP contribution in [0.15, 0.2) is 18.2 Å². The van der Waals surface area contributed by atoms with E-state index in [1.165, 1.54) is 0 Å². The molecule has 86 valence electrons. The van der Waals surface area contributed by atoms with Crippen molar-refractivity contribution >= 4 is 16.7 Å². The molecule has 0 amide bonds. The van der Waals surface area contributed by atoms with E-state index < -0.39 is 0 Å². The van der Waals surface area contributed by atoms with Crippen LogP contribution in [0.25, 0.3) is 11.0 Å². The van der Waals surface area contributed by atoms with Gasteiger partial charge in [-0.25, -0.2) is 4.98 Å². The standard InChI is InChI=1S/C12H17N3O/c1-2-6-16-7-5-12-14-10-4-3-9(13)8-11(10)15-12/h3-4,8H,2,5-7,13H2,1H3,(H,14,15). The third kappa shape index (κ3) is 2.52. The Morgan fingerprint density at radius 1 is 1.38 bits per heavy atom. The van der Waals surface area contributed by atoms with Crippen molar-refractivity contribution in [1.29, 1.82) is 0 Å². The minimum Gasteiger partial charge on any atom is -0.399 e. The molecule has 0 spiro atoms. The molecular formula is C12H17N3O. The zero-order valence-electron chi connectivity index (χ0n) is 9.49. The number of aromatic nitrogens is 2. The summed E-state index contributed by atoms with van der Waals surface area (Å²) < 4.78 is 5.42.